The fraction of sp³-hybridized carbons (Fsp3) is 0.154. The first-order valence-corrected chi connectivity index (χ1v) is 11.6. The van der Waals surface area contributed by atoms with E-state index in [2.05, 4.69) is 31.8 Å². The van der Waals surface area contributed by atoms with Gasteiger partial charge >= 0.3 is 5.97 Å². The summed E-state index contributed by atoms with van der Waals surface area (Å²) < 4.78 is 16.4. The second kappa shape index (κ2) is 13.1. The number of carbonyl (C=O) groups is 3. The molecule has 10 heteroatoms. The molecule has 3 rings (SSSR count). The van der Waals surface area contributed by atoms with E-state index in [-0.39, 0.29) is 24.8 Å². The van der Waals surface area contributed by atoms with E-state index in [1.807, 2.05) is 6.07 Å². The highest BCUT2D eigenvalue weighted by atomic mass is 79.9. The fourth-order valence-electron chi connectivity index (χ4n) is 3.02. The number of methoxy groups -OCH3 is 2. The zero-order valence-corrected chi connectivity index (χ0v) is 21.2. The molecule has 0 aromatic heterocycles. The van der Waals surface area contributed by atoms with Gasteiger partial charge in [0.25, 0.3) is 5.91 Å². The van der Waals surface area contributed by atoms with E-state index >= 15 is 0 Å². The predicted octanol–water partition coefficient (Wildman–Crippen LogP) is 3.96. The molecular formula is C26H24BrN3O6. The van der Waals surface area contributed by atoms with Crippen molar-refractivity contribution in [3.8, 4) is 17.2 Å². The number of hydrazone groups is 1. The number of esters is 1. The molecule has 0 fully saturated rings. The van der Waals surface area contributed by atoms with Gasteiger partial charge in [-0.25, -0.2) is 10.2 Å². The second-order valence-electron chi connectivity index (χ2n) is 7.31. The Labute approximate surface area is 216 Å². The lowest BCUT2D eigenvalue weighted by Crippen LogP contribution is -2.29. The molecule has 0 spiro atoms. The van der Waals surface area contributed by atoms with Gasteiger partial charge in [-0.05, 0) is 76.1 Å². The molecule has 0 saturated heterocycles. The minimum Gasteiger partial charge on any atom is -0.493 e. The highest BCUT2D eigenvalue weighted by Gasteiger charge is 2.13. The van der Waals surface area contributed by atoms with Crippen LogP contribution in [0.1, 0.15) is 32.7 Å². The van der Waals surface area contributed by atoms with Crippen LogP contribution < -0.4 is 25.0 Å². The van der Waals surface area contributed by atoms with Crippen LogP contribution in [0.2, 0.25) is 0 Å². The van der Waals surface area contributed by atoms with Crippen LogP contribution in [0.25, 0.3) is 0 Å². The molecule has 0 aliphatic rings. The molecule has 3 aromatic rings. The number of nitrogens with zero attached hydrogens (tertiary/aromatic N) is 1. The van der Waals surface area contributed by atoms with Crippen LogP contribution in [-0.4, -0.2) is 44.8 Å². The standard InChI is InChI=1S/C26H24BrN3O6/c1-34-22-12-9-18(15-23(22)35-2)26(33)36-19-10-7-17(8-11-19)16-29-30-24(31)13-14-28-25(32)20-5-3-4-6-21(20)27/h3-12,15-16H,13-14H2,1-2H3,(H,28,32)(H,30,31)/b29-16-. The van der Waals surface area contributed by atoms with Crippen molar-refractivity contribution in [2.24, 2.45) is 5.10 Å². The van der Waals surface area contributed by atoms with E-state index in [1.54, 1.807) is 54.6 Å². The summed E-state index contributed by atoms with van der Waals surface area (Å²) in [4.78, 5) is 36.5. The Kier molecular flexibility index (Phi) is 9.58. The van der Waals surface area contributed by atoms with Crippen LogP contribution in [0.15, 0.2) is 76.3 Å². The zero-order chi connectivity index (χ0) is 25.9. The topological polar surface area (TPSA) is 115 Å². The summed E-state index contributed by atoms with van der Waals surface area (Å²) in [6, 6.07) is 18.4. The predicted molar refractivity (Wildman–Crippen MR) is 138 cm³/mol. The van der Waals surface area contributed by atoms with E-state index in [9.17, 15) is 14.4 Å². The number of halogens is 1. The SMILES string of the molecule is COc1ccc(C(=O)Oc2ccc(/C=N\NC(=O)CCNC(=O)c3ccccc3Br)cc2)cc1OC. The summed E-state index contributed by atoms with van der Waals surface area (Å²) in [5.74, 6) is 0.111. The van der Waals surface area contributed by atoms with Gasteiger partial charge in [0, 0.05) is 17.4 Å². The summed E-state index contributed by atoms with van der Waals surface area (Å²) in [5, 5.41) is 6.60. The Bertz CT molecular complexity index is 1260. The van der Waals surface area contributed by atoms with Gasteiger partial charge in [-0.1, -0.05) is 12.1 Å². The summed E-state index contributed by atoms with van der Waals surface area (Å²) in [7, 11) is 3.00. The first-order chi connectivity index (χ1) is 17.4. The average Bonchev–Trinajstić information content (AvgIpc) is 2.89. The van der Waals surface area contributed by atoms with Crippen molar-refractivity contribution >= 4 is 39.9 Å². The maximum absolute atomic E-state index is 12.4. The molecule has 0 saturated carbocycles. The molecule has 186 valence electrons. The summed E-state index contributed by atoms with van der Waals surface area (Å²) in [6.45, 7) is 0.168. The molecule has 0 heterocycles. The van der Waals surface area contributed by atoms with Crippen LogP contribution in [0.4, 0.5) is 0 Å². The summed E-state index contributed by atoms with van der Waals surface area (Å²) in [6.07, 6.45) is 1.52. The Hall–Kier alpha value is -4.18. The lowest BCUT2D eigenvalue weighted by Gasteiger charge is -2.09. The van der Waals surface area contributed by atoms with E-state index in [0.717, 1.165) is 0 Å². The third kappa shape index (κ3) is 7.41. The number of carbonyl (C=O) groups excluding carboxylic acids is 3. The quantitative estimate of drug-likeness (QED) is 0.170. The first-order valence-electron chi connectivity index (χ1n) is 10.8. The number of amides is 2. The second-order valence-corrected chi connectivity index (χ2v) is 8.16. The van der Waals surface area contributed by atoms with Gasteiger partial charge in [0.1, 0.15) is 5.75 Å². The highest BCUT2D eigenvalue weighted by Crippen LogP contribution is 2.28. The molecule has 0 atom stereocenters. The lowest BCUT2D eigenvalue weighted by atomic mass is 10.2. The number of benzene rings is 3. The molecule has 2 N–H and O–H groups in total. The van der Waals surface area contributed by atoms with Crippen LogP contribution in [0.3, 0.4) is 0 Å². The molecule has 3 aromatic carbocycles. The average molecular weight is 554 g/mol. The van der Waals surface area contributed by atoms with Crippen molar-refractivity contribution in [2.45, 2.75) is 6.42 Å². The van der Waals surface area contributed by atoms with E-state index in [1.165, 1.54) is 26.5 Å². The van der Waals surface area contributed by atoms with Crippen molar-refractivity contribution in [2.75, 3.05) is 20.8 Å². The zero-order valence-electron chi connectivity index (χ0n) is 19.6. The minimum atomic E-state index is -0.545. The van der Waals surface area contributed by atoms with Gasteiger partial charge in [0.05, 0.1) is 31.6 Å². The Morgan fingerprint density at radius 2 is 1.67 bits per heavy atom. The van der Waals surface area contributed by atoms with E-state index < -0.39 is 5.97 Å². The molecule has 0 aliphatic carbocycles. The highest BCUT2D eigenvalue weighted by molar-refractivity contribution is 9.10. The maximum Gasteiger partial charge on any atom is 0.343 e. The molecule has 0 bridgehead atoms. The number of rotatable bonds is 10. The largest absolute Gasteiger partial charge is 0.493 e. The monoisotopic (exact) mass is 553 g/mol. The van der Waals surface area contributed by atoms with E-state index in [0.29, 0.717) is 38.4 Å². The number of nitrogens with one attached hydrogen (secondary N) is 2. The summed E-state index contributed by atoms with van der Waals surface area (Å²) >= 11 is 3.32. The Balaban J connectivity index is 1.44. The van der Waals surface area contributed by atoms with Crippen molar-refractivity contribution in [1.82, 2.24) is 10.7 Å². The van der Waals surface area contributed by atoms with E-state index in [4.69, 9.17) is 14.2 Å². The number of hydrogen-bond donors (Lipinski definition) is 2. The molecule has 2 amide bonds. The molecule has 0 radical (unpaired) electrons. The maximum atomic E-state index is 12.4. The first kappa shape index (κ1) is 26.4. The van der Waals surface area contributed by atoms with Crippen molar-refractivity contribution in [3.05, 3.63) is 87.9 Å². The Morgan fingerprint density at radius 1 is 0.944 bits per heavy atom. The van der Waals surface area contributed by atoms with Gasteiger partial charge in [0.2, 0.25) is 5.91 Å². The van der Waals surface area contributed by atoms with Gasteiger partial charge in [0.15, 0.2) is 11.5 Å². The molecular weight excluding hydrogens is 530 g/mol. The number of ether oxygens (including phenoxy) is 3. The van der Waals surface area contributed by atoms with Crippen LogP contribution in [0, 0.1) is 0 Å². The normalized spacial score (nSPS) is 10.5. The molecule has 0 unspecified atom stereocenters. The Morgan fingerprint density at radius 3 is 2.36 bits per heavy atom. The molecule has 36 heavy (non-hydrogen) atoms. The van der Waals surface area contributed by atoms with Crippen LogP contribution in [-0.2, 0) is 4.79 Å². The van der Waals surface area contributed by atoms with Gasteiger partial charge in [-0.2, -0.15) is 5.10 Å². The fourth-order valence-corrected chi connectivity index (χ4v) is 3.48. The third-order valence-electron chi connectivity index (χ3n) is 4.87. The minimum absolute atomic E-state index is 0.0680. The summed E-state index contributed by atoms with van der Waals surface area (Å²) in [5.41, 5.74) is 3.90. The van der Waals surface area contributed by atoms with Crippen molar-refractivity contribution in [1.29, 1.82) is 0 Å². The van der Waals surface area contributed by atoms with Gasteiger partial charge in [-0.15, -0.1) is 0 Å². The van der Waals surface area contributed by atoms with Gasteiger partial charge < -0.3 is 19.5 Å². The lowest BCUT2D eigenvalue weighted by molar-refractivity contribution is -0.120. The van der Waals surface area contributed by atoms with Crippen molar-refractivity contribution in [3.63, 3.8) is 0 Å². The van der Waals surface area contributed by atoms with Crippen LogP contribution in [0.5, 0.6) is 17.2 Å². The molecule has 9 nitrogen and oxygen atoms in total. The molecule has 0 aliphatic heterocycles. The van der Waals surface area contributed by atoms with Crippen molar-refractivity contribution < 1.29 is 28.6 Å². The van der Waals surface area contributed by atoms with Crippen LogP contribution >= 0.6 is 15.9 Å². The smallest absolute Gasteiger partial charge is 0.343 e. The van der Waals surface area contributed by atoms with Gasteiger partial charge in [-0.3, -0.25) is 9.59 Å². The number of hydrogen-bond acceptors (Lipinski definition) is 7. The third-order valence-corrected chi connectivity index (χ3v) is 5.56.